The van der Waals surface area contributed by atoms with E-state index in [1.54, 1.807) is 10.4 Å². The molecule has 1 saturated heterocycles. The van der Waals surface area contributed by atoms with Crippen molar-refractivity contribution in [1.29, 1.82) is 0 Å². The Hall–Kier alpha value is -1.40. The lowest BCUT2D eigenvalue weighted by atomic mass is 10.1. The first kappa shape index (κ1) is 19.4. The first-order valence-corrected chi connectivity index (χ1v) is 10.8. The van der Waals surface area contributed by atoms with Crippen molar-refractivity contribution in [2.24, 2.45) is 0 Å². The normalized spacial score (nSPS) is 16.7. The van der Waals surface area contributed by atoms with Crippen LogP contribution in [-0.2, 0) is 22.4 Å². The third-order valence-electron chi connectivity index (χ3n) is 5.03. The van der Waals surface area contributed by atoms with E-state index in [1.807, 2.05) is 38.1 Å². The van der Waals surface area contributed by atoms with Crippen molar-refractivity contribution >= 4 is 21.6 Å². The summed E-state index contributed by atoms with van der Waals surface area (Å²) in [5.41, 5.74) is 3.87. The van der Waals surface area contributed by atoms with E-state index in [-0.39, 0.29) is 0 Å². The van der Waals surface area contributed by atoms with Gasteiger partial charge in [-0.2, -0.15) is 4.31 Å². The average Bonchev–Trinajstić information content (AvgIpc) is 2.65. The Bertz CT molecular complexity index is 861. The molecular weight excluding hydrogens is 368 g/mol. The predicted octanol–water partition coefficient (Wildman–Crippen LogP) is 3.55. The number of halogens is 1. The van der Waals surface area contributed by atoms with Gasteiger partial charge in [-0.15, -0.1) is 11.6 Å². The molecule has 26 heavy (non-hydrogen) atoms. The minimum absolute atomic E-state index is 0.314. The number of aryl methyl sites for hydroxylation is 1. The first-order valence-electron chi connectivity index (χ1n) is 8.84. The number of rotatable bonds is 5. The van der Waals surface area contributed by atoms with Crippen LogP contribution in [0.15, 0.2) is 47.4 Å². The van der Waals surface area contributed by atoms with Gasteiger partial charge in [0.15, 0.2) is 0 Å². The number of alkyl halides is 1. The van der Waals surface area contributed by atoms with Crippen LogP contribution in [0, 0.1) is 13.8 Å². The van der Waals surface area contributed by atoms with E-state index in [4.69, 9.17) is 11.6 Å². The zero-order valence-electron chi connectivity index (χ0n) is 15.3. The summed E-state index contributed by atoms with van der Waals surface area (Å²) in [7, 11) is -3.50. The monoisotopic (exact) mass is 392 g/mol. The zero-order valence-corrected chi connectivity index (χ0v) is 16.9. The van der Waals surface area contributed by atoms with Crippen molar-refractivity contribution in [2.75, 3.05) is 26.2 Å². The van der Waals surface area contributed by atoms with Crippen LogP contribution in [0.25, 0.3) is 0 Å². The fourth-order valence-corrected chi connectivity index (χ4v) is 5.28. The second-order valence-corrected chi connectivity index (χ2v) is 9.01. The Kier molecular flexibility index (Phi) is 6.03. The molecule has 1 aliphatic heterocycles. The van der Waals surface area contributed by atoms with Gasteiger partial charge in [-0.05, 0) is 42.2 Å². The quantitative estimate of drug-likeness (QED) is 0.730. The van der Waals surface area contributed by atoms with Gasteiger partial charge >= 0.3 is 0 Å². The molecule has 0 atom stereocenters. The summed E-state index contributed by atoms with van der Waals surface area (Å²) in [5.74, 6) is 0.314. The fourth-order valence-electron chi connectivity index (χ4n) is 3.35. The molecule has 1 heterocycles. The van der Waals surface area contributed by atoms with Gasteiger partial charge in [0.2, 0.25) is 10.0 Å². The SMILES string of the molecule is Cc1cc(CCl)cc(S(=O)(=O)N2CCN(Cc3ccccc3)CC2)c1C. The van der Waals surface area contributed by atoms with Crippen molar-refractivity contribution in [3.05, 3.63) is 64.7 Å². The van der Waals surface area contributed by atoms with Crippen LogP contribution in [0.4, 0.5) is 0 Å². The van der Waals surface area contributed by atoms with E-state index < -0.39 is 10.0 Å². The van der Waals surface area contributed by atoms with Crippen LogP contribution < -0.4 is 0 Å². The number of nitrogens with zero attached hydrogens (tertiary/aromatic N) is 2. The molecule has 1 aliphatic rings. The predicted molar refractivity (Wildman–Crippen MR) is 106 cm³/mol. The van der Waals surface area contributed by atoms with Crippen molar-refractivity contribution in [3.63, 3.8) is 0 Å². The summed E-state index contributed by atoms with van der Waals surface area (Å²) in [6, 6.07) is 14.0. The van der Waals surface area contributed by atoms with Crippen molar-refractivity contribution in [3.8, 4) is 0 Å². The van der Waals surface area contributed by atoms with Gasteiger partial charge in [0.05, 0.1) is 4.90 Å². The average molecular weight is 393 g/mol. The Balaban J connectivity index is 1.73. The van der Waals surface area contributed by atoms with Crippen molar-refractivity contribution in [1.82, 2.24) is 9.21 Å². The van der Waals surface area contributed by atoms with Crippen LogP contribution in [0.5, 0.6) is 0 Å². The fraction of sp³-hybridized carbons (Fsp3) is 0.400. The van der Waals surface area contributed by atoms with Crippen LogP contribution in [0.3, 0.4) is 0 Å². The maximum atomic E-state index is 13.2. The number of hydrogen-bond donors (Lipinski definition) is 0. The number of hydrogen-bond acceptors (Lipinski definition) is 3. The first-order chi connectivity index (χ1) is 12.4. The third-order valence-corrected chi connectivity index (χ3v) is 7.37. The third kappa shape index (κ3) is 4.12. The van der Waals surface area contributed by atoms with E-state index in [0.29, 0.717) is 23.9 Å². The summed E-state index contributed by atoms with van der Waals surface area (Å²) in [5, 5.41) is 0. The summed E-state index contributed by atoms with van der Waals surface area (Å²) < 4.78 is 27.9. The Morgan fingerprint density at radius 3 is 2.23 bits per heavy atom. The largest absolute Gasteiger partial charge is 0.296 e. The number of piperazine rings is 1. The molecule has 0 aliphatic carbocycles. The molecule has 0 bridgehead atoms. The Labute approximate surface area is 161 Å². The highest BCUT2D eigenvalue weighted by Gasteiger charge is 2.30. The summed E-state index contributed by atoms with van der Waals surface area (Å²) in [4.78, 5) is 2.69. The molecule has 0 N–H and O–H groups in total. The summed E-state index contributed by atoms with van der Waals surface area (Å²) >= 11 is 5.94. The molecule has 1 fully saturated rings. The Morgan fingerprint density at radius 1 is 0.962 bits per heavy atom. The Morgan fingerprint density at radius 2 is 1.62 bits per heavy atom. The van der Waals surface area contributed by atoms with Gasteiger partial charge in [0, 0.05) is 38.6 Å². The van der Waals surface area contributed by atoms with Crippen LogP contribution in [0.1, 0.15) is 22.3 Å². The van der Waals surface area contributed by atoms with Crippen molar-refractivity contribution in [2.45, 2.75) is 31.2 Å². The number of sulfonamides is 1. The molecule has 0 aromatic heterocycles. The van der Waals surface area contributed by atoms with Gasteiger partial charge in [-0.3, -0.25) is 4.90 Å². The lowest BCUT2D eigenvalue weighted by molar-refractivity contribution is 0.181. The molecule has 0 spiro atoms. The molecule has 140 valence electrons. The van der Waals surface area contributed by atoms with Crippen LogP contribution >= 0.6 is 11.6 Å². The van der Waals surface area contributed by atoms with Gasteiger partial charge in [0.1, 0.15) is 0 Å². The smallest absolute Gasteiger partial charge is 0.243 e. The molecule has 4 nitrogen and oxygen atoms in total. The molecule has 2 aromatic carbocycles. The molecular formula is C20H25ClN2O2S. The molecule has 2 aromatic rings. The topological polar surface area (TPSA) is 40.6 Å². The van der Waals surface area contributed by atoms with Gasteiger partial charge in [0.25, 0.3) is 0 Å². The minimum atomic E-state index is -3.50. The van der Waals surface area contributed by atoms with E-state index in [9.17, 15) is 8.42 Å². The van der Waals surface area contributed by atoms with Gasteiger partial charge in [-0.1, -0.05) is 36.4 Å². The molecule has 0 unspecified atom stereocenters. The van der Waals surface area contributed by atoms with Gasteiger partial charge < -0.3 is 0 Å². The maximum Gasteiger partial charge on any atom is 0.243 e. The lowest BCUT2D eigenvalue weighted by Crippen LogP contribution is -2.48. The highest BCUT2D eigenvalue weighted by molar-refractivity contribution is 7.89. The number of benzene rings is 2. The molecule has 0 saturated carbocycles. The van der Waals surface area contributed by atoms with Crippen molar-refractivity contribution < 1.29 is 8.42 Å². The summed E-state index contributed by atoms with van der Waals surface area (Å²) in [6.45, 7) is 7.16. The second kappa shape index (κ2) is 8.09. The molecule has 0 radical (unpaired) electrons. The van der Waals surface area contributed by atoms with E-state index in [2.05, 4.69) is 17.0 Å². The molecule has 0 amide bonds. The van der Waals surface area contributed by atoms with E-state index in [0.717, 1.165) is 36.3 Å². The molecule has 6 heteroatoms. The van der Waals surface area contributed by atoms with Crippen LogP contribution in [0.2, 0.25) is 0 Å². The zero-order chi connectivity index (χ0) is 18.7. The maximum absolute atomic E-state index is 13.2. The molecule has 3 rings (SSSR count). The standard InChI is InChI=1S/C20H25ClN2O2S/c1-16-12-19(14-21)13-20(17(16)2)26(24,25)23-10-8-22(9-11-23)15-18-6-4-3-5-7-18/h3-7,12-13H,8-11,14-15H2,1-2H3. The second-order valence-electron chi connectivity index (χ2n) is 6.84. The van der Waals surface area contributed by atoms with Gasteiger partial charge in [-0.25, -0.2) is 8.42 Å². The highest BCUT2D eigenvalue weighted by Crippen LogP contribution is 2.26. The van der Waals surface area contributed by atoms with E-state index in [1.165, 1.54) is 5.56 Å². The van der Waals surface area contributed by atoms with Crippen LogP contribution in [-0.4, -0.2) is 43.8 Å². The minimum Gasteiger partial charge on any atom is -0.296 e. The highest BCUT2D eigenvalue weighted by atomic mass is 35.5. The summed E-state index contributed by atoms with van der Waals surface area (Å²) in [6.07, 6.45) is 0. The lowest BCUT2D eigenvalue weighted by Gasteiger charge is -2.34. The van der Waals surface area contributed by atoms with E-state index >= 15 is 0 Å².